The van der Waals surface area contributed by atoms with Crippen molar-refractivity contribution in [1.82, 2.24) is 10.1 Å². The van der Waals surface area contributed by atoms with Gasteiger partial charge in [-0.15, -0.1) is 0 Å². The molecule has 1 saturated heterocycles. The summed E-state index contributed by atoms with van der Waals surface area (Å²) in [6, 6.07) is 9.19. The molecule has 1 aliphatic rings. The van der Waals surface area contributed by atoms with Gasteiger partial charge in [0.05, 0.1) is 18.3 Å². The summed E-state index contributed by atoms with van der Waals surface area (Å²) in [5.41, 5.74) is 1.67. The first-order valence-electron chi connectivity index (χ1n) is 8.47. The van der Waals surface area contributed by atoms with Crippen molar-refractivity contribution in [3.63, 3.8) is 0 Å². The van der Waals surface area contributed by atoms with E-state index in [1.165, 1.54) is 0 Å². The molecule has 0 aliphatic carbocycles. The Balaban J connectivity index is 1.66. The van der Waals surface area contributed by atoms with E-state index in [4.69, 9.17) is 9.26 Å². The molecule has 1 aliphatic heterocycles. The number of benzene rings is 1. The standard InChI is InChI=1S/C18H23N3O3/c1-3-13-12-17(24-20-13)16-6-5-11-21(16)18(22)19-14-7-9-15(10-8-14)23-4-2/h7-10,12,16H,3-6,11H2,1-2H3,(H,19,22)/t16-/m0/s1. The number of nitrogens with one attached hydrogen (secondary N) is 1. The number of likely N-dealkylation sites (tertiary alicyclic amines) is 1. The summed E-state index contributed by atoms with van der Waals surface area (Å²) in [4.78, 5) is 14.4. The van der Waals surface area contributed by atoms with Gasteiger partial charge in [0.1, 0.15) is 5.75 Å². The largest absolute Gasteiger partial charge is 0.494 e. The van der Waals surface area contributed by atoms with Crippen LogP contribution in [0.5, 0.6) is 5.75 Å². The number of aromatic nitrogens is 1. The molecule has 3 rings (SSSR count). The lowest BCUT2D eigenvalue weighted by Crippen LogP contribution is -2.34. The van der Waals surface area contributed by atoms with E-state index < -0.39 is 0 Å². The van der Waals surface area contributed by atoms with Gasteiger partial charge in [-0.25, -0.2) is 4.79 Å². The number of carbonyl (C=O) groups excluding carboxylic acids is 1. The fraction of sp³-hybridized carbons (Fsp3) is 0.444. The van der Waals surface area contributed by atoms with E-state index in [0.29, 0.717) is 6.61 Å². The van der Waals surface area contributed by atoms with Crippen molar-refractivity contribution in [3.8, 4) is 5.75 Å². The van der Waals surface area contributed by atoms with Crippen LogP contribution in [0.15, 0.2) is 34.9 Å². The van der Waals surface area contributed by atoms with Gasteiger partial charge in [0.2, 0.25) is 0 Å². The van der Waals surface area contributed by atoms with Crippen molar-refractivity contribution in [3.05, 3.63) is 41.8 Å². The van der Waals surface area contributed by atoms with Crippen LogP contribution >= 0.6 is 0 Å². The van der Waals surface area contributed by atoms with E-state index >= 15 is 0 Å². The Morgan fingerprint density at radius 1 is 1.38 bits per heavy atom. The summed E-state index contributed by atoms with van der Waals surface area (Å²) in [6.45, 7) is 5.32. The second-order valence-electron chi connectivity index (χ2n) is 5.81. The summed E-state index contributed by atoms with van der Waals surface area (Å²) in [7, 11) is 0. The zero-order valence-electron chi connectivity index (χ0n) is 14.1. The Morgan fingerprint density at radius 3 is 2.83 bits per heavy atom. The quantitative estimate of drug-likeness (QED) is 0.900. The lowest BCUT2D eigenvalue weighted by Gasteiger charge is -2.23. The van der Waals surface area contributed by atoms with Gasteiger partial charge in [-0.2, -0.15) is 0 Å². The Morgan fingerprint density at radius 2 is 2.17 bits per heavy atom. The number of urea groups is 1. The molecule has 1 atom stereocenters. The van der Waals surface area contributed by atoms with Crippen LogP contribution in [0.2, 0.25) is 0 Å². The fourth-order valence-corrected chi connectivity index (χ4v) is 2.95. The van der Waals surface area contributed by atoms with E-state index in [2.05, 4.69) is 10.5 Å². The number of nitrogens with zero attached hydrogens (tertiary/aromatic N) is 2. The number of anilines is 1. The lowest BCUT2D eigenvalue weighted by atomic mass is 10.1. The monoisotopic (exact) mass is 329 g/mol. The molecule has 6 heteroatoms. The van der Waals surface area contributed by atoms with Crippen LogP contribution in [-0.4, -0.2) is 29.2 Å². The number of rotatable bonds is 5. The van der Waals surface area contributed by atoms with Gasteiger partial charge in [0, 0.05) is 18.3 Å². The third-order valence-corrected chi connectivity index (χ3v) is 4.20. The molecule has 2 heterocycles. The average molecular weight is 329 g/mol. The van der Waals surface area contributed by atoms with Gasteiger partial charge in [-0.05, 0) is 50.5 Å². The molecule has 1 aromatic carbocycles. The molecule has 1 N–H and O–H groups in total. The van der Waals surface area contributed by atoms with E-state index in [9.17, 15) is 4.79 Å². The molecule has 0 radical (unpaired) electrons. The Labute approximate surface area is 141 Å². The van der Waals surface area contributed by atoms with Crippen molar-refractivity contribution < 1.29 is 14.1 Å². The highest BCUT2D eigenvalue weighted by atomic mass is 16.5. The third-order valence-electron chi connectivity index (χ3n) is 4.20. The van der Waals surface area contributed by atoms with Crippen molar-refractivity contribution in [1.29, 1.82) is 0 Å². The normalized spacial score (nSPS) is 17.1. The lowest BCUT2D eigenvalue weighted by molar-refractivity contribution is 0.195. The second kappa shape index (κ2) is 7.38. The van der Waals surface area contributed by atoms with Crippen LogP contribution in [0.1, 0.15) is 44.2 Å². The molecule has 1 fully saturated rings. The maximum atomic E-state index is 12.6. The zero-order valence-corrected chi connectivity index (χ0v) is 14.1. The predicted molar refractivity (Wildman–Crippen MR) is 91.2 cm³/mol. The zero-order chi connectivity index (χ0) is 16.9. The molecule has 0 spiro atoms. The predicted octanol–water partition coefficient (Wildman–Crippen LogP) is 4.00. The molecule has 24 heavy (non-hydrogen) atoms. The number of hydrogen-bond acceptors (Lipinski definition) is 4. The summed E-state index contributed by atoms with van der Waals surface area (Å²) >= 11 is 0. The number of carbonyl (C=O) groups is 1. The minimum atomic E-state index is -0.115. The second-order valence-corrected chi connectivity index (χ2v) is 5.81. The highest BCUT2D eigenvalue weighted by Gasteiger charge is 2.32. The fourth-order valence-electron chi connectivity index (χ4n) is 2.95. The van der Waals surface area contributed by atoms with Crippen LogP contribution in [0.25, 0.3) is 0 Å². The van der Waals surface area contributed by atoms with Crippen molar-refractivity contribution >= 4 is 11.7 Å². The molecule has 2 amide bonds. The summed E-state index contributed by atoms with van der Waals surface area (Å²) in [5.74, 6) is 1.56. The van der Waals surface area contributed by atoms with E-state index in [1.54, 1.807) is 0 Å². The van der Waals surface area contributed by atoms with Gasteiger partial charge < -0.3 is 19.5 Å². The minimum absolute atomic E-state index is 0.0412. The topological polar surface area (TPSA) is 67.6 Å². The first kappa shape index (κ1) is 16.4. The number of ether oxygens (including phenoxy) is 1. The van der Waals surface area contributed by atoms with E-state index in [0.717, 1.165) is 48.7 Å². The number of amides is 2. The Hall–Kier alpha value is -2.50. The van der Waals surface area contributed by atoms with Gasteiger partial charge in [-0.3, -0.25) is 0 Å². The van der Waals surface area contributed by atoms with Crippen molar-refractivity contribution in [2.45, 2.75) is 39.2 Å². The van der Waals surface area contributed by atoms with Crippen LogP contribution in [0, 0.1) is 0 Å². The van der Waals surface area contributed by atoms with Crippen LogP contribution in [0.4, 0.5) is 10.5 Å². The maximum absolute atomic E-state index is 12.6. The van der Waals surface area contributed by atoms with Gasteiger partial charge in [-0.1, -0.05) is 12.1 Å². The van der Waals surface area contributed by atoms with E-state index in [-0.39, 0.29) is 12.1 Å². The van der Waals surface area contributed by atoms with E-state index in [1.807, 2.05) is 49.1 Å². The molecular weight excluding hydrogens is 306 g/mol. The molecular formula is C18H23N3O3. The highest BCUT2D eigenvalue weighted by Crippen LogP contribution is 2.33. The smallest absolute Gasteiger partial charge is 0.322 e. The summed E-state index contributed by atoms with van der Waals surface area (Å²) < 4.78 is 10.8. The highest BCUT2D eigenvalue weighted by molar-refractivity contribution is 5.89. The Bertz CT molecular complexity index is 681. The Kier molecular flexibility index (Phi) is 5.03. The molecule has 2 aromatic rings. The molecule has 0 bridgehead atoms. The summed E-state index contributed by atoms with van der Waals surface area (Å²) in [6.07, 6.45) is 2.69. The van der Waals surface area contributed by atoms with Gasteiger partial charge in [0.15, 0.2) is 5.76 Å². The molecule has 0 saturated carbocycles. The molecule has 128 valence electrons. The molecule has 6 nitrogen and oxygen atoms in total. The first-order valence-corrected chi connectivity index (χ1v) is 8.47. The van der Waals surface area contributed by atoms with Gasteiger partial charge in [0.25, 0.3) is 0 Å². The van der Waals surface area contributed by atoms with Crippen LogP contribution in [0.3, 0.4) is 0 Å². The number of hydrogen-bond donors (Lipinski definition) is 1. The van der Waals surface area contributed by atoms with Crippen molar-refractivity contribution in [2.75, 3.05) is 18.5 Å². The first-order chi connectivity index (χ1) is 11.7. The SMILES string of the molecule is CCOc1ccc(NC(=O)N2CCC[C@H]2c2cc(CC)no2)cc1. The van der Waals surface area contributed by atoms with Crippen molar-refractivity contribution in [2.24, 2.45) is 0 Å². The molecule has 1 aromatic heterocycles. The third kappa shape index (κ3) is 3.53. The summed E-state index contributed by atoms with van der Waals surface area (Å²) in [5, 5.41) is 6.98. The minimum Gasteiger partial charge on any atom is -0.494 e. The van der Waals surface area contributed by atoms with Crippen LogP contribution < -0.4 is 10.1 Å². The maximum Gasteiger partial charge on any atom is 0.322 e. The average Bonchev–Trinajstić information content (AvgIpc) is 3.25. The van der Waals surface area contributed by atoms with Gasteiger partial charge >= 0.3 is 6.03 Å². The number of aryl methyl sites for hydroxylation is 1. The molecule has 0 unspecified atom stereocenters. The van der Waals surface area contributed by atoms with Crippen LogP contribution in [-0.2, 0) is 6.42 Å².